The van der Waals surface area contributed by atoms with Gasteiger partial charge in [0.2, 0.25) is 0 Å². The SMILES string of the molecule is COCCCN1C(=O)C(=Cc2cccc(OC)c2)C(C(=O)OC)=C1C. The van der Waals surface area contributed by atoms with Gasteiger partial charge in [-0.1, -0.05) is 12.1 Å². The highest BCUT2D eigenvalue weighted by Gasteiger charge is 2.36. The second-order valence-electron chi connectivity index (χ2n) is 5.59. The lowest BCUT2D eigenvalue weighted by Gasteiger charge is -2.17. The molecule has 0 spiro atoms. The number of rotatable bonds is 7. The Labute approximate surface area is 147 Å². The van der Waals surface area contributed by atoms with E-state index in [9.17, 15) is 9.59 Å². The molecule has 1 aliphatic rings. The number of hydrogen-bond acceptors (Lipinski definition) is 5. The Morgan fingerprint density at radius 2 is 2.00 bits per heavy atom. The molecule has 0 atom stereocenters. The Morgan fingerprint density at radius 1 is 1.24 bits per heavy atom. The molecule has 1 aliphatic heterocycles. The molecule has 6 heteroatoms. The van der Waals surface area contributed by atoms with Crippen molar-refractivity contribution in [1.29, 1.82) is 0 Å². The molecule has 1 heterocycles. The van der Waals surface area contributed by atoms with Crippen LogP contribution in [0.1, 0.15) is 18.9 Å². The molecule has 0 unspecified atom stereocenters. The van der Waals surface area contributed by atoms with E-state index in [0.717, 1.165) is 5.56 Å². The van der Waals surface area contributed by atoms with E-state index in [1.807, 2.05) is 18.2 Å². The van der Waals surface area contributed by atoms with Crippen LogP contribution in [0, 0.1) is 0 Å². The summed E-state index contributed by atoms with van der Waals surface area (Å²) in [6.07, 6.45) is 2.37. The van der Waals surface area contributed by atoms with E-state index in [2.05, 4.69) is 0 Å². The van der Waals surface area contributed by atoms with Crippen LogP contribution in [0.3, 0.4) is 0 Å². The van der Waals surface area contributed by atoms with Gasteiger partial charge in [0, 0.05) is 26.0 Å². The topological polar surface area (TPSA) is 65.1 Å². The molecule has 6 nitrogen and oxygen atoms in total. The summed E-state index contributed by atoms with van der Waals surface area (Å²) >= 11 is 0. The molecule has 0 radical (unpaired) electrons. The number of benzene rings is 1. The lowest BCUT2D eigenvalue weighted by atomic mass is 10.0. The molecule has 1 aromatic rings. The summed E-state index contributed by atoms with van der Waals surface area (Å²) in [5.74, 6) is -0.0527. The Bertz CT molecular complexity index is 720. The van der Waals surface area contributed by atoms with Crippen LogP contribution in [0.25, 0.3) is 6.08 Å². The van der Waals surface area contributed by atoms with Crippen LogP contribution in [0.2, 0.25) is 0 Å². The summed E-state index contributed by atoms with van der Waals surface area (Å²) < 4.78 is 15.1. The molecule has 0 N–H and O–H groups in total. The number of methoxy groups -OCH3 is 3. The fraction of sp³-hybridized carbons (Fsp3) is 0.368. The van der Waals surface area contributed by atoms with E-state index in [4.69, 9.17) is 14.2 Å². The third-order valence-electron chi connectivity index (χ3n) is 4.04. The Kier molecular flexibility index (Phi) is 6.36. The van der Waals surface area contributed by atoms with Gasteiger partial charge in [0.15, 0.2) is 0 Å². The molecule has 25 heavy (non-hydrogen) atoms. The van der Waals surface area contributed by atoms with E-state index in [1.54, 1.807) is 38.2 Å². The first-order valence-electron chi connectivity index (χ1n) is 7.99. The van der Waals surface area contributed by atoms with E-state index >= 15 is 0 Å². The minimum absolute atomic E-state index is 0.211. The zero-order valence-corrected chi connectivity index (χ0v) is 15.0. The molecule has 0 saturated carbocycles. The number of carbonyl (C=O) groups excluding carboxylic acids is 2. The molecule has 134 valence electrons. The third-order valence-corrected chi connectivity index (χ3v) is 4.04. The van der Waals surface area contributed by atoms with Crippen LogP contribution in [-0.4, -0.2) is 51.3 Å². The van der Waals surface area contributed by atoms with Crippen LogP contribution in [0.4, 0.5) is 0 Å². The monoisotopic (exact) mass is 345 g/mol. The summed E-state index contributed by atoms with van der Waals surface area (Å²) in [6.45, 7) is 2.78. The lowest BCUT2D eigenvalue weighted by Crippen LogP contribution is -2.26. The van der Waals surface area contributed by atoms with Crippen molar-refractivity contribution in [3.63, 3.8) is 0 Å². The van der Waals surface area contributed by atoms with Crippen molar-refractivity contribution in [3.05, 3.63) is 46.7 Å². The van der Waals surface area contributed by atoms with Crippen molar-refractivity contribution in [2.24, 2.45) is 0 Å². The highest BCUT2D eigenvalue weighted by Crippen LogP contribution is 2.32. The normalized spacial score (nSPS) is 15.9. The molecule has 0 saturated heterocycles. The van der Waals surface area contributed by atoms with Crippen molar-refractivity contribution in [3.8, 4) is 5.75 Å². The third kappa shape index (κ3) is 4.09. The second kappa shape index (κ2) is 8.48. The van der Waals surface area contributed by atoms with Gasteiger partial charge >= 0.3 is 5.97 Å². The average molecular weight is 345 g/mol. The van der Waals surface area contributed by atoms with Crippen LogP contribution < -0.4 is 4.74 Å². The number of esters is 1. The van der Waals surface area contributed by atoms with Gasteiger partial charge in [-0.15, -0.1) is 0 Å². The number of amides is 1. The first kappa shape index (κ1) is 18.7. The highest BCUT2D eigenvalue weighted by atomic mass is 16.5. The minimum atomic E-state index is -0.519. The molecule has 0 aliphatic carbocycles. The van der Waals surface area contributed by atoms with Gasteiger partial charge in [0.25, 0.3) is 5.91 Å². The first-order valence-corrected chi connectivity index (χ1v) is 7.99. The van der Waals surface area contributed by atoms with Gasteiger partial charge in [-0.05, 0) is 37.1 Å². The van der Waals surface area contributed by atoms with Crippen molar-refractivity contribution in [2.45, 2.75) is 13.3 Å². The Balaban J connectivity index is 2.41. The maximum absolute atomic E-state index is 12.8. The minimum Gasteiger partial charge on any atom is -0.497 e. The molecule has 2 rings (SSSR count). The number of carbonyl (C=O) groups is 2. The number of ether oxygens (including phenoxy) is 3. The molecule has 0 fully saturated rings. The quantitative estimate of drug-likeness (QED) is 0.431. The van der Waals surface area contributed by atoms with Gasteiger partial charge in [-0.25, -0.2) is 4.79 Å². The molecule has 0 aromatic heterocycles. The zero-order valence-electron chi connectivity index (χ0n) is 15.0. The van der Waals surface area contributed by atoms with E-state index < -0.39 is 5.97 Å². The first-order chi connectivity index (χ1) is 12.0. The van der Waals surface area contributed by atoms with Gasteiger partial charge < -0.3 is 19.1 Å². The fourth-order valence-electron chi connectivity index (χ4n) is 2.76. The Morgan fingerprint density at radius 3 is 2.64 bits per heavy atom. The molecular weight excluding hydrogens is 322 g/mol. The molecular formula is C19H23NO5. The van der Waals surface area contributed by atoms with Crippen LogP contribution in [0.5, 0.6) is 5.75 Å². The zero-order chi connectivity index (χ0) is 18.4. The van der Waals surface area contributed by atoms with Crippen LogP contribution in [0.15, 0.2) is 41.1 Å². The number of nitrogens with zero attached hydrogens (tertiary/aromatic N) is 1. The second-order valence-corrected chi connectivity index (χ2v) is 5.59. The van der Waals surface area contributed by atoms with Crippen molar-refractivity contribution < 1.29 is 23.8 Å². The van der Waals surface area contributed by atoms with Gasteiger partial charge in [-0.3, -0.25) is 4.79 Å². The molecule has 1 aromatic carbocycles. The van der Waals surface area contributed by atoms with Crippen molar-refractivity contribution in [2.75, 3.05) is 34.5 Å². The average Bonchev–Trinajstić information content (AvgIpc) is 2.85. The van der Waals surface area contributed by atoms with E-state index in [1.165, 1.54) is 7.11 Å². The molecule has 0 bridgehead atoms. The maximum Gasteiger partial charge on any atom is 0.340 e. The smallest absolute Gasteiger partial charge is 0.340 e. The van der Waals surface area contributed by atoms with Crippen molar-refractivity contribution >= 4 is 18.0 Å². The van der Waals surface area contributed by atoms with Gasteiger partial charge in [0.1, 0.15) is 5.75 Å². The number of allylic oxidation sites excluding steroid dienone is 1. The Hall–Kier alpha value is -2.60. The lowest BCUT2D eigenvalue weighted by molar-refractivity contribution is -0.136. The van der Waals surface area contributed by atoms with Crippen molar-refractivity contribution in [1.82, 2.24) is 4.90 Å². The fourth-order valence-corrected chi connectivity index (χ4v) is 2.76. The van der Waals surface area contributed by atoms with E-state index in [0.29, 0.717) is 42.2 Å². The predicted molar refractivity (Wildman–Crippen MR) is 93.9 cm³/mol. The van der Waals surface area contributed by atoms with Crippen LogP contribution in [-0.2, 0) is 19.1 Å². The van der Waals surface area contributed by atoms with Gasteiger partial charge in [0.05, 0.1) is 25.4 Å². The largest absolute Gasteiger partial charge is 0.497 e. The van der Waals surface area contributed by atoms with E-state index in [-0.39, 0.29) is 5.91 Å². The number of hydrogen-bond donors (Lipinski definition) is 0. The molecule has 1 amide bonds. The summed E-state index contributed by atoms with van der Waals surface area (Å²) in [4.78, 5) is 26.7. The predicted octanol–water partition coefficient (Wildman–Crippen LogP) is 2.40. The maximum atomic E-state index is 12.8. The summed E-state index contributed by atoms with van der Waals surface area (Å²) in [7, 11) is 4.50. The highest BCUT2D eigenvalue weighted by molar-refractivity contribution is 6.16. The standard InChI is InChI=1S/C19H23NO5/c1-13-17(19(22)25-4)16(18(21)20(13)9-6-10-23-2)12-14-7-5-8-15(11-14)24-3/h5,7-8,11-12H,6,9-10H2,1-4H3. The summed E-state index contributed by atoms with van der Waals surface area (Å²) in [6, 6.07) is 7.30. The van der Waals surface area contributed by atoms with Crippen LogP contribution >= 0.6 is 0 Å². The van der Waals surface area contributed by atoms with Gasteiger partial charge in [-0.2, -0.15) is 0 Å². The summed E-state index contributed by atoms with van der Waals surface area (Å²) in [5.41, 5.74) is 2.00. The summed E-state index contributed by atoms with van der Waals surface area (Å²) in [5, 5.41) is 0.